The highest BCUT2D eigenvalue weighted by Crippen LogP contribution is 2.06. The molecule has 2 rings (SSSR count). The van der Waals surface area contributed by atoms with E-state index in [0.717, 1.165) is 23.8 Å². The molecule has 0 saturated heterocycles. The summed E-state index contributed by atoms with van der Waals surface area (Å²) in [5.41, 5.74) is 1.75. The van der Waals surface area contributed by atoms with Crippen LogP contribution in [0.1, 0.15) is 0 Å². The molecule has 1 radical (unpaired) electrons. The van der Waals surface area contributed by atoms with Crippen molar-refractivity contribution in [1.82, 2.24) is 4.98 Å². The Morgan fingerprint density at radius 3 is 3.00 bits per heavy atom. The average Bonchev–Trinajstić information content (AvgIpc) is 2.17. The predicted molar refractivity (Wildman–Crippen MR) is 49.3 cm³/mol. The molecule has 0 unspecified atom stereocenters. The van der Waals surface area contributed by atoms with Gasteiger partial charge in [0.05, 0.1) is 5.52 Å². The molecule has 12 heavy (non-hydrogen) atoms. The first-order chi connectivity index (χ1) is 5.90. The number of benzene rings is 1. The van der Waals surface area contributed by atoms with E-state index in [2.05, 4.69) is 4.98 Å². The van der Waals surface area contributed by atoms with Crippen LogP contribution in [-0.2, 0) is 0 Å². The van der Waals surface area contributed by atoms with E-state index < -0.39 is 0 Å². The molecule has 0 aliphatic carbocycles. The molecule has 0 saturated carbocycles. The first-order valence-corrected chi connectivity index (χ1v) is 3.72. The maximum atomic E-state index is 8.75. The Bertz CT molecular complexity index is 402. The van der Waals surface area contributed by atoms with Gasteiger partial charge in [0.25, 0.3) is 0 Å². The number of rotatable bonds is 1. The lowest BCUT2D eigenvalue weighted by molar-refractivity contribution is 0.615. The molecule has 3 heteroatoms. The highest BCUT2D eigenvalue weighted by atomic mass is 16.2. The van der Waals surface area contributed by atoms with Crippen molar-refractivity contribution in [3.63, 3.8) is 0 Å². The van der Waals surface area contributed by atoms with Crippen LogP contribution in [0.3, 0.4) is 0 Å². The fraction of sp³-hybridized carbons (Fsp3) is 0. The lowest BCUT2D eigenvalue weighted by Crippen LogP contribution is -2.12. The fourth-order valence-electron chi connectivity index (χ4n) is 1.17. The van der Waals surface area contributed by atoms with Gasteiger partial charge in [0.1, 0.15) is 0 Å². The standard InChI is InChI=1S/C9H7BNO/c12-10-8-3-4-9-7(6-8)2-1-5-11-9/h1-6,12H. The first-order valence-electron chi connectivity index (χ1n) is 3.72. The van der Waals surface area contributed by atoms with Crippen LogP contribution in [0, 0.1) is 0 Å². The summed E-state index contributed by atoms with van der Waals surface area (Å²) < 4.78 is 0. The van der Waals surface area contributed by atoms with Gasteiger partial charge in [-0.05, 0) is 17.5 Å². The van der Waals surface area contributed by atoms with E-state index in [-0.39, 0.29) is 0 Å². The van der Waals surface area contributed by atoms with Crippen molar-refractivity contribution in [3.8, 4) is 0 Å². The number of hydrogen-bond acceptors (Lipinski definition) is 2. The van der Waals surface area contributed by atoms with Gasteiger partial charge < -0.3 is 5.02 Å². The third kappa shape index (κ3) is 1.19. The molecule has 0 bridgehead atoms. The van der Waals surface area contributed by atoms with E-state index in [4.69, 9.17) is 5.02 Å². The summed E-state index contributed by atoms with van der Waals surface area (Å²) in [4.78, 5) is 4.16. The van der Waals surface area contributed by atoms with Gasteiger partial charge in [-0.1, -0.05) is 23.7 Å². The Labute approximate surface area is 71.1 Å². The Morgan fingerprint density at radius 1 is 1.25 bits per heavy atom. The van der Waals surface area contributed by atoms with Crippen molar-refractivity contribution >= 4 is 23.8 Å². The molecule has 2 aromatic rings. The van der Waals surface area contributed by atoms with E-state index in [0.29, 0.717) is 0 Å². The zero-order chi connectivity index (χ0) is 8.39. The smallest absolute Gasteiger partial charge is 0.326 e. The molecule has 0 atom stereocenters. The molecule has 1 N–H and O–H groups in total. The van der Waals surface area contributed by atoms with Gasteiger partial charge in [0.2, 0.25) is 0 Å². The Balaban J connectivity index is 2.67. The highest BCUT2D eigenvalue weighted by Gasteiger charge is 1.95. The molecule has 0 amide bonds. The molecule has 1 aromatic heterocycles. The average molecular weight is 156 g/mol. The van der Waals surface area contributed by atoms with Crippen LogP contribution in [0.25, 0.3) is 10.9 Å². The molecule has 57 valence electrons. The van der Waals surface area contributed by atoms with E-state index in [1.165, 1.54) is 0 Å². The molecular formula is C9H7BNO. The van der Waals surface area contributed by atoms with Crippen LogP contribution < -0.4 is 5.46 Å². The normalized spacial score (nSPS) is 10.1. The monoisotopic (exact) mass is 156 g/mol. The minimum atomic E-state index is 0.801. The van der Waals surface area contributed by atoms with E-state index in [1.807, 2.05) is 30.3 Å². The van der Waals surface area contributed by atoms with Crippen LogP contribution in [0.4, 0.5) is 0 Å². The number of aromatic nitrogens is 1. The van der Waals surface area contributed by atoms with Crippen molar-refractivity contribution in [2.45, 2.75) is 0 Å². The van der Waals surface area contributed by atoms with Crippen LogP contribution >= 0.6 is 0 Å². The largest absolute Gasteiger partial charge is 0.450 e. The number of fused-ring (bicyclic) bond motifs is 1. The van der Waals surface area contributed by atoms with Gasteiger partial charge in [-0.15, -0.1) is 0 Å². The third-order valence-corrected chi connectivity index (χ3v) is 1.78. The quantitative estimate of drug-likeness (QED) is 0.608. The highest BCUT2D eigenvalue weighted by molar-refractivity contribution is 6.45. The second-order valence-electron chi connectivity index (χ2n) is 2.58. The van der Waals surface area contributed by atoms with Gasteiger partial charge in [0.15, 0.2) is 0 Å². The number of hydrogen-bond donors (Lipinski definition) is 1. The van der Waals surface area contributed by atoms with Crippen LogP contribution in [0.15, 0.2) is 36.5 Å². The second kappa shape index (κ2) is 2.95. The zero-order valence-corrected chi connectivity index (χ0v) is 6.44. The summed E-state index contributed by atoms with van der Waals surface area (Å²) in [7, 11) is 1.09. The maximum absolute atomic E-state index is 8.75. The van der Waals surface area contributed by atoms with Gasteiger partial charge >= 0.3 is 7.48 Å². The van der Waals surface area contributed by atoms with Crippen molar-refractivity contribution in [1.29, 1.82) is 0 Å². The summed E-state index contributed by atoms with van der Waals surface area (Å²) in [5.74, 6) is 0. The van der Waals surface area contributed by atoms with E-state index in [9.17, 15) is 0 Å². The van der Waals surface area contributed by atoms with Crippen molar-refractivity contribution in [2.24, 2.45) is 0 Å². The Hall–Kier alpha value is -1.35. The lowest BCUT2D eigenvalue weighted by Gasteiger charge is -1.97. The third-order valence-electron chi connectivity index (χ3n) is 1.78. The first kappa shape index (κ1) is 7.31. The predicted octanol–water partition coefficient (Wildman–Crippen LogP) is 0.472. The summed E-state index contributed by atoms with van der Waals surface area (Å²) in [6, 6.07) is 9.45. The van der Waals surface area contributed by atoms with Gasteiger partial charge in [-0.3, -0.25) is 4.98 Å². The summed E-state index contributed by atoms with van der Waals surface area (Å²) >= 11 is 0. The molecule has 0 spiro atoms. The van der Waals surface area contributed by atoms with Crippen LogP contribution in [-0.4, -0.2) is 17.5 Å². The van der Waals surface area contributed by atoms with E-state index >= 15 is 0 Å². The molecule has 0 aliphatic rings. The minimum Gasteiger partial charge on any atom is -0.450 e. The fourth-order valence-corrected chi connectivity index (χ4v) is 1.17. The minimum absolute atomic E-state index is 0.801. The van der Waals surface area contributed by atoms with Crippen molar-refractivity contribution in [2.75, 3.05) is 0 Å². The van der Waals surface area contributed by atoms with Crippen LogP contribution in [0.5, 0.6) is 0 Å². The number of pyridine rings is 1. The second-order valence-corrected chi connectivity index (χ2v) is 2.58. The van der Waals surface area contributed by atoms with Gasteiger partial charge in [0, 0.05) is 6.20 Å². The topological polar surface area (TPSA) is 33.1 Å². The summed E-state index contributed by atoms with van der Waals surface area (Å²) in [6.45, 7) is 0. The molecule has 0 aliphatic heterocycles. The molecular weight excluding hydrogens is 149 g/mol. The van der Waals surface area contributed by atoms with Crippen molar-refractivity contribution in [3.05, 3.63) is 36.5 Å². The SMILES string of the molecule is O[B]c1ccc2ncccc2c1. The zero-order valence-electron chi connectivity index (χ0n) is 6.44. The van der Waals surface area contributed by atoms with Crippen molar-refractivity contribution < 1.29 is 5.02 Å². The molecule has 2 nitrogen and oxygen atoms in total. The number of nitrogens with zero attached hydrogens (tertiary/aromatic N) is 1. The maximum Gasteiger partial charge on any atom is 0.326 e. The Morgan fingerprint density at radius 2 is 2.17 bits per heavy atom. The van der Waals surface area contributed by atoms with Crippen LogP contribution in [0.2, 0.25) is 0 Å². The molecule has 1 heterocycles. The Kier molecular flexibility index (Phi) is 1.80. The lowest BCUT2D eigenvalue weighted by atomic mass is 9.88. The summed E-state index contributed by atoms with van der Waals surface area (Å²) in [6.07, 6.45) is 1.75. The molecule has 1 aromatic carbocycles. The van der Waals surface area contributed by atoms with Gasteiger partial charge in [-0.25, -0.2) is 0 Å². The summed E-state index contributed by atoms with van der Waals surface area (Å²) in [5, 5.41) is 9.79. The van der Waals surface area contributed by atoms with E-state index in [1.54, 1.807) is 6.20 Å². The van der Waals surface area contributed by atoms with Gasteiger partial charge in [-0.2, -0.15) is 0 Å². The molecule has 0 fully saturated rings.